The molecule has 0 N–H and O–H groups in total. The maximum absolute atomic E-state index is 2.46. The molecule has 0 bridgehead atoms. The Labute approximate surface area is 327 Å². The summed E-state index contributed by atoms with van der Waals surface area (Å²) in [6, 6.07) is 83.0. The van der Waals surface area contributed by atoms with E-state index in [2.05, 4.69) is 240 Å². The summed E-state index contributed by atoms with van der Waals surface area (Å²) < 4.78 is 2.46. The van der Waals surface area contributed by atoms with Gasteiger partial charge in [0.2, 0.25) is 0 Å². The molecule has 0 saturated heterocycles. The van der Waals surface area contributed by atoms with Crippen molar-refractivity contribution in [3.8, 4) is 50.2 Å². The summed E-state index contributed by atoms with van der Waals surface area (Å²) >= 11 is 0. The third kappa shape index (κ3) is 5.85. The molecule has 2 heteroatoms. The van der Waals surface area contributed by atoms with Gasteiger partial charge >= 0.3 is 0 Å². The molecule has 0 spiro atoms. The first-order chi connectivity index (χ1) is 27.8. The van der Waals surface area contributed by atoms with Crippen LogP contribution in [0.25, 0.3) is 72.0 Å². The largest absolute Gasteiger partial charge is 0.310 e. The maximum atomic E-state index is 2.46. The van der Waals surface area contributed by atoms with Crippen LogP contribution in [0.5, 0.6) is 0 Å². The summed E-state index contributed by atoms with van der Waals surface area (Å²) in [5.74, 6) is 0. The molecule has 10 rings (SSSR count). The molecule has 1 heterocycles. The summed E-state index contributed by atoms with van der Waals surface area (Å²) in [5, 5.41) is 2.40. The Bertz CT molecular complexity index is 2950. The van der Waals surface area contributed by atoms with Gasteiger partial charge in [-0.15, -0.1) is 0 Å². The zero-order valence-corrected chi connectivity index (χ0v) is 30.8. The second-order valence-electron chi connectivity index (χ2n) is 14.1. The predicted octanol–water partition coefficient (Wildman–Crippen LogP) is 14.9. The van der Waals surface area contributed by atoms with E-state index in [4.69, 9.17) is 0 Å². The van der Waals surface area contributed by atoms with Crippen molar-refractivity contribution in [3.63, 3.8) is 0 Å². The van der Waals surface area contributed by atoms with Crippen molar-refractivity contribution in [1.82, 2.24) is 4.57 Å². The molecule has 0 aliphatic carbocycles. The Hall–Kier alpha value is -7.42. The molecular weight excluding hydrogens is 677 g/mol. The molecule has 0 amide bonds. The maximum Gasteiger partial charge on any atom is 0.0562 e. The molecular formula is C54H38N2. The lowest BCUT2D eigenvalue weighted by Gasteiger charge is -2.28. The van der Waals surface area contributed by atoms with E-state index >= 15 is 0 Å². The number of nitrogens with zero attached hydrogens (tertiary/aromatic N) is 2. The number of rotatable bonds is 8. The minimum atomic E-state index is 1.09. The fraction of sp³-hybridized carbons (Fsp3) is 0. The molecule has 0 fully saturated rings. The van der Waals surface area contributed by atoms with Crippen molar-refractivity contribution < 1.29 is 0 Å². The van der Waals surface area contributed by atoms with Crippen molar-refractivity contribution in [2.24, 2.45) is 0 Å². The van der Waals surface area contributed by atoms with Crippen LogP contribution in [-0.2, 0) is 0 Å². The average molecular weight is 715 g/mol. The van der Waals surface area contributed by atoms with Crippen molar-refractivity contribution in [3.05, 3.63) is 231 Å². The molecule has 10 aromatic rings. The highest BCUT2D eigenvalue weighted by molar-refractivity contribution is 6.17. The molecule has 2 nitrogen and oxygen atoms in total. The SMILES string of the molecule is c1ccc(-c2ccc(N(c3ccccc3)c3cccc4c3c3ccccc3n4-c3ccccc3-c3ccccc3-c3ccccc3)cc2-c2ccccc2)cc1. The lowest BCUT2D eigenvalue weighted by molar-refractivity contribution is 1.18. The van der Waals surface area contributed by atoms with Crippen LogP contribution in [0.15, 0.2) is 231 Å². The first-order valence-corrected chi connectivity index (χ1v) is 19.2. The minimum absolute atomic E-state index is 1.09. The summed E-state index contributed by atoms with van der Waals surface area (Å²) in [6.45, 7) is 0. The highest BCUT2D eigenvalue weighted by atomic mass is 15.1. The Morgan fingerprint density at radius 2 is 0.804 bits per heavy atom. The van der Waals surface area contributed by atoms with E-state index in [0.717, 1.165) is 33.8 Å². The van der Waals surface area contributed by atoms with Crippen LogP contribution in [0.4, 0.5) is 17.1 Å². The molecule has 0 aliphatic rings. The molecule has 9 aromatic carbocycles. The zero-order valence-electron chi connectivity index (χ0n) is 30.8. The molecule has 0 unspecified atom stereocenters. The first kappa shape index (κ1) is 33.2. The van der Waals surface area contributed by atoms with Crippen LogP contribution in [0.2, 0.25) is 0 Å². The Morgan fingerprint density at radius 1 is 0.304 bits per heavy atom. The van der Waals surface area contributed by atoms with Crippen molar-refractivity contribution in [2.45, 2.75) is 0 Å². The standard InChI is InChI=1S/C54H38N2/c1-5-20-39(21-6-1)44-28-13-14-29-46(44)47-30-15-17-32-50(47)56-51-33-18-16-31-48(51)54-52(34-19-35-53(54)56)55(42-26-11-4-12-27-42)43-36-37-45(40-22-7-2-8-23-40)49(38-43)41-24-9-3-10-25-41/h1-38H. The molecule has 264 valence electrons. The van der Waals surface area contributed by atoms with Crippen LogP contribution in [0.1, 0.15) is 0 Å². The third-order valence-electron chi connectivity index (χ3n) is 10.8. The summed E-state index contributed by atoms with van der Waals surface area (Å²) in [5.41, 5.74) is 16.4. The van der Waals surface area contributed by atoms with E-state index in [-0.39, 0.29) is 0 Å². The minimum Gasteiger partial charge on any atom is -0.310 e. The van der Waals surface area contributed by atoms with E-state index in [1.165, 1.54) is 55.3 Å². The van der Waals surface area contributed by atoms with Gasteiger partial charge in [0.1, 0.15) is 0 Å². The average Bonchev–Trinajstić information content (AvgIpc) is 3.62. The molecule has 0 atom stereocenters. The smallest absolute Gasteiger partial charge is 0.0562 e. The van der Waals surface area contributed by atoms with Gasteiger partial charge in [-0.25, -0.2) is 0 Å². The van der Waals surface area contributed by atoms with Crippen molar-refractivity contribution >= 4 is 38.9 Å². The quantitative estimate of drug-likeness (QED) is 0.152. The Kier molecular flexibility index (Phi) is 8.55. The second kappa shape index (κ2) is 14.4. The normalized spacial score (nSPS) is 11.2. The van der Waals surface area contributed by atoms with Gasteiger partial charge in [0.15, 0.2) is 0 Å². The fourth-order valence-electron chi connectivity index (χ4n) is 8.33. The van der Waals surface area contributed by atoms with Crippen molar-refractivity contribution in [2.75, 3.05) is 4.90 Å². The van der Waals surface area contributed by atoms with Gasteiger partial charge in [0.05, 0.1) is 22.4 Å². The summed E-state index contributed by atoms with van der Waals surface area (Å²) in [4.78, 5) is 2.43. The van der Waals surface area contributed by atoms with E-state index in [0.29, 0.717) is 0 Å². The Morgan fingerprint density at radius 3 is 1.48 bits per heavy atom. The van der Waals surface area contributed by atoms with Crippen LogP contribution < -0.4 is 4.90 Å². The number of hydrogen-bond donors (Lipinski definition) is 0. The first-order valence-electron chi connectivity index (χ1n) is 19.2. The van der Waals surface area contributed by atoms with Crippen molar-refractivity contribution in [1.29, 1.82) is 0 Å². The number of para-hydroxylation sites is 3. The highest BCUT2D eigenvalue weighted by Gasteiger charge is 2.23. The summed E-state index contributed by atoms with van der Waals surface area (Å²) in [6.07, 6.45) is 0. The van der Waals surface area contributed by atoms with Crippen LogP contribution in [0, 0.1) is 0 Å². The number of anilines is 3. The molecule has 0 radical (unpaired) electrons. The van der Waals surface area contributed by atoms with E-state index in [9.17, 15) is 0 Å². The molecule has 56 heavy (non-hydrogen) atoms. The van der Waals surface area contributed by atoms with Gasteiger partial charge in [0, 0.05) is 27.7 Å². The lowest BCUT2D eigenvalue weighted by atomic mass is 9.93. The zero-order chi connectivity index (χ0) is 37.3. The fourth-order valence-corrected chi connectivity index (χ4v) is 8.33. The van der Waals surface area contributed by atoms with E-state index < -0.39 is 0 Å². The monoisotopic (exact) mass is 714 g/mol. The van der Waals surface area contributed by atoms with Crippen LogP contribution in [0.3, 0.4) is 0 Å². The molecule has 1 aromatic heterocycles. The van der Waals surface area contributed by atoms with Crippen LogP contribution >= 0.6 is 0 Å². The van der Waals surface area contributed by atoms with Gasteiger partial charge in [-0.3, -0.25) is 0 Å². The number of aromatic nitrogens is 1. The van der Waals surface area contributed by atoms with Crippen LogP contribution in [-0.4, -0.2) is 4.57 Å². The number of hydrogen-bond acceptors (Lipinski definition) is 1. The number of fused-ring (bicyclic) bond motifs is 3. The second-order valence-corrected chi connectivity index (χ2v) is 14.1. The molecule has 0 saturated carbocycles. The van der Waals surface area contributed by atoms with Gasteiger partial charge in [-0.2, -0.15) is 0 Å². The van der Waals surface area contributed by atoms with Gasteiger partial charge in [-0.1, -0.05) is 182 Å². The summed E-state index contributed by atoms with van der Waals surface area (Å²) in [7, 11) is 0. The van der Waals surface area contributed by atoms with E-state index in [1.54, 1.807) is 0 Å². The highest BCUT2D eigenvalue weighted by Crippen LogP contribution is 2.47. The lowest BCUT2D eigenvalue weighted by Crippen LogP contribution is -2.10. The van der Waals surface area contributed by atoms with Gasteiger partial charge in [-0.05, 0) is 87.5 Å². The molecule has 0 aliphatic heterocycles. The topological polar surface area (TPSA) is 8.17 Å². The number of benzene rings is 9. The predicted molar refractivity (Wildman–Crippen MR) is 237 cm³/mol. The van der Waals surface area contributed by atoms with E-state index in [1.807, 2.05) is 0 Å². The third-order valence-corrected chi connectivity index (χ3v) is 10.8. The Balaban J connectivity index is 1.23. The van der Waals surface area contributed by atoms with Gasteiger partial charge in [0.25, 0.3) is 0 Å². The van der Waals surface area contributed by atoms with Gasteiger partial charge < -0.3 is 9.47 Å².